The molecule has 2 rings (SSSR count). The molecule has 0 bridgehead atoms. The van der Waals surface area contributed by atoms with E-state index in [9.17, 15) is 0 Å². The van der Waals surface area contributed by atoms with Crippen molar-refractivity contribution in [2.24, 2.45) is 0 Å². The van der Waals surface area contributed by atoms with Crippen LogP contribution >= 0.6 is 12.4 Å². The lowest BCUT2D eigenvalue weighted by molar-refractivity contribution is 0.607. The number of halogens is 1. The minimum Gasteiger partial charge on any atom is -0.313 e. The van der Waals surface area contributed by atoms with Gasteiger partial charge in [-0.05, 0) is 32.2 Å². The standard InChI is InChI=1S/C8H13N.ClH/c1-2-8(6-9-5-1)7-3-4-7;/h9H,1-6H2;1H. The Kier molecular flexibility index (Phi) is 2.75. The number of hydrogen-bond donors (Lipinski definition) is 1. The molecular weight excluding hydrogens is 146 g/mol. The number of piperidine rings is 1. The zero-order chi connectivity index (χ0) is 6.10. The number of nitrogens with one attached hydrogen (secondary N) is 1. The summed E-state index contributed by atoms with van der Waals surface area (Å²) in [5.74, 6) is 0. The summed E-state index contributed by atoms with van der Waals surface area (Å²) in [4.78, 5) is 0. The summed E-state index contributed by atoms with van der Waals surface area (Å²) >= 11 is 0. The van der Waals surface area contributed by atoms with E-state index < -0.39 is 0 Å². The van der Waals surface area contributed by atoms with E-state index in [0.29, 0.717) is 0 Å². The molecule has 0 amide bonds. The Bertz CT molecular complexity index is 137. The Morgan fingerprint density at radius 3 is 2.30 bits per heavy atom. The summed E-state index contributed by atoms with van der Waals surface area (Å²) in [6.07, 6.45) is 5.54. The van der Waals surface area contributed by atoms with Crippen LogP contribution in [0.15, 0.2) is 11.1 Å². The zero-order valence-corrected chi connectivity index (χ0v) is 6.97. The fourth-order valence-electron chi connectivity index (χ4n) is 1.47. The van der Waals surface area contributed by atoms with Crippen molar-refractivity contribution >= 4 is 12.4 Å². The third-order valence-corrected chi connectivity index (χ3v) is 2.17. The van der Waals surface area contributed by atoms with Crippen LogP contribution in [0.1, 0.15) is 25.7 Å². The van der Waals surface area contributed by atoms with Crippen molar-refractivity contribution in [3.8, 4) is 0 Å². The molecule has 0 aromatic carbocycles. The van der Waals surface area contributed by atoms with Gasteiger partial charge in [0.2, 0.25) is 0 Å². The van der Waals surface area contributed by atoms with Gasteiger partial charge >= 0.3 is 0 Å². The predicted molar refractivity (Wildman–Crippen MR) is 45.6 cm³/mol. The minimum atomic E-state index is 0. The molecule has 2 aliphatic rings. The van der Waals surface area contributed by atoms with Gasteiger partial charge in [0.1, 0.15) is 0 Å². The molecule has 1 saturated heterocycles. The largest absolute Gasteiger partial charge is 0.313 e. The van der Waals surface area contributed by atoms with Crippen LogP contribution in [-0.2, 0) is 0 Å². The van der Waals surface area contributed by atoms with E-state index in [4.69, 9.17) is 0 Å². The second-order valence-electron chi connectivity index (χ2n) is 2.99. The Morgan fingerprint density at radius 1 is 1.00 bits per heavy atom. The molecule has 2 heteroatoms. The first-order valence-corrected chi connectivity index (χ1v) is 3.87. The van der Waals surface area contributed by atoms with Gasteiger partial charge in [-0.1, -0.05) is 11.1 Å². The summed E-state index contributed by atoms with van der Waals surface area (Å²) in [6, 6.07) is 0. The van der Waals surface area contributed by atoms with Crippen molar-refractivity contribution < 1.29 is 0 Å². The van der Waals surface area contributed by atoms with Crippen LogP contribution in [0.5, 0.6) is 0 Å². The molecule has 1 N–H and O–H groups in total. The van der Waals surface area contributed by atoms with Crippen LogP contribution in [0.2, 0.25) is 0 Å². The summed E-state index contributed by atoms with van der Waals surface area (Å²) in [7, 11) is 0. The van der Waals surface area contributed by atoms with Crippen molar-refractivity contribution in [2.45, 2.75) is 25.7 Å². The molecule has 0 spiro atoms. The highest BCUT2D eigenvalue weighted by atomic mass is 35.5. The molecule has 1 nitrogen and oxygen atoms in total. The fourth-order valence-corrected chi connectivity index (χ4v) is 1.47. The van der Waals surface area contributed by atoms with Crippen LogP contribution in [0.25, 0.3) is 0 Å². The van der Waals surface area contributed by atoms with E-state index >= 15 is 0 Å². The van der Waals surface area contributed by atoms with E-state index in [0.717, 1.165) is 0 Å². The lowest BCUT2D eigenvalue weighted by atomic mass is 10.1. The van der Waals surface area contributed by atoms with Crippen molar-refractivity contribution in [3.05, 3.63) is 11.1 Å². The van der Waals surface area contributed by atoms with Gasteiger partial charge in [0, 0.05) is 6.54 Å². The highest BCUT2D eigenvalue weighted by Gasteiger charge is 2.18. The number of rotatable bonds is 0. The topological polar surface area (TPSA) is 12.0 Å². The van der Waals surface area contributed by atoms with Gasteiger partial charge < -0.3 is 5.32 Å². The summed E-state index contributed by atoms with van der Waals surface area (Å²) in [5, 5.41) is 3.40. The summed E-state index contributed by atoms with van der Waals surface area (Å²) in [5.41, 5.74) is 3.48. The minimum absolute atomic E-state index is 0. The van der Waals surface area contributed by atoms with Crippen LogP contribution in [0.3, 0.4) is 0 Å². The number of allylic oxidation sites excluding steroid dienone is 1. The molecule has 0 aromatic rings. The Hall–Kier alpha value is -0.0100. The monoisotopic (exact) mass is 159 g/mol. The van der Waals surface area contributed by atoms with Crippen LogP contribution in [0, 0.1) is 0 Å². The maximum absolute atomic E-state index is 3.40. The number of hydrogen-bond acceptors (Lipinski definition) is 1. The van der Waals surface area contributed by atoms with Gasteiger partial charge in [0.05, 0.1) is 0 Å². The van der Waals surface area contributed by atoms with E-state index in [1.165, 1.54) is 38.8 Å². The van der Waals surface area contributed by atoms with Crippen LogP contribution < -0.4 is 5.32 Å². The molecule has 0 aromatic heterocycles. The third kappa shape index (κ3) is 1.74. The molecule has 2 fully saturated rings. The zero-order valence-electron chi connectivity index (χ0n) is 6.15. The first-order valence-electron chi connectivity index (χ1n) is 3.87. The fraction of sp³-hybridized carbons (Fsp3) is 0.750. The third-order valence-electron chi connectivity index (χ3n) is 2.17. The normalized spacial score (nSPS) is 24.0. The van der Waals surface area contributed by atoms with Crippen LogP contribution in [-0.4, -0.2) is 13.1 Å². The molecule has 1 aliphatic heterocycles. The van der Waals surface area contributed by atoms with Gasteiger partial charge in [0.15, 0.2) is 0 Å². The van der Waals surface area contributed by atoms with Crippen molar-refractivity contribution in [1.29, 1.82) is 0 Å². The molecule has 0 atom stereocenters. The molecule has 1 heterocycles. The van der Waals surface area contributed by atoms with Crippen molar-refractivity contribution in [2.75, 3.05) is 13.1 Å². The van der Waals surface area contributed by atoms with Gasteiger partial charge in [-0.3, -0.25) is 0 Å². The van der Waals surface area contributed by atoms with Crippen molar-refractivity contribution in [3.63, 3.8) is 0 Å². The SMILES string of the molecule is C1CNCC(=C2CC2)C1.Cl. The maximum atomic E-state index is 3.40. The van der Waals surface area contributed by atoms with Crippen molar-refractivity contribution in [1.82, 2.24) is 5.32 Å². The maximum Gasteiger partial charge on any atom is 0.0167 e. The van der Waals surface area contributed by atoms with Gasteiger partial charge in [-0.25, -0.2) is 0 Å². The Labute approximate surface area is 68.3 Å². The first kappa shape index (κ1) is 8.09. The van der Waals surface area contributed by atoms with E-state index in [-0.39, 0.29) is 12.4 Å². The molecule has 1 saturated carbocycles. The molecule has 58 valence electrons. The second kappa shape index (κ2) is 3.40. The lowest BCUT2D eigenvalue weighted by Crippen LogP contribution is -2.23. The summed E-state index contributed by atoms with van der Waals surface area (Å²) in [6.45, 7) is 2.42. The van der Waals surface area contributed by atoms with E-state index in [1.807, 2.05) is 0 Å². The second-order valence-corrected chi connectivity index (χ2v) is 2.99. The molecular formula is C8H14ClN. The first-order chi connectivity index (χ1) is 4.47. The molecule has 0 radical (unpaired) electrons. The highest BCUT2D eigenvalue weighted by Crippen LogP contribution is 2.33. The van der Waals surface area contributed by atoms with Crippen LogP contribution in [0.4, 0.5) is 0 Å². The van der Waals surface area contributed by atoms with E-state index in [1.54, 1.807) is 11.1 Å². The average Bonchev–Trinajstić information content (AvgIpc) is 2.71. The predicted octanol–water partition coefficient (Wildman–Crippen LogP) is 1.88. The van der Waals surface area contributed by atoms with E-state index in [2.05, 4.69) is 5.32 Å². The molecule has 1 aliphatic carbocycles. The quantitative estimate of drug-likeness (QED) is 0.533. The smallest absolute Gasteiger partial charge is 0.0167 e. The van der Waals surface area contributed by atoms with Gasteiger partial charge in [-0.2, -0.15) is 0 Å². The van der Waals surface area contributed by atoms with Gasteiger partial charge in [0.25, 0.3) is 0 Å². The van der Waals surface area contributed by atoms with Gasteiger partial charge in [-0.15, -0.1) is 12.4 Å². The molecule has 0 unspecified atom stereocenters. The average molecular weight is 160 g/mol. The Balaban J connectivity index is 0.000000500. The highest BCUT2D eigenvalue weighted by molar-refractivity contribution is 5.85. The Morgan fingerprint density at radius 2 is 1.80 bits per heavy atom. The molecule has 10 heavy (non-hydrogen) atoms. The summed E-state index contributed by atoms with van der Waals surface area (Å²) < 4.78 is 0. The lowest BCUT2D eigenvalue weighted by Gasteiger charge is -2.14.